The molecule has 0 aliphatic rings. The van der Waals surface area contributed by atoms with Gasteiger partial charge in [0, 0.05) is 49.2 Å². The average Bonchev–Trinajstić information content (AvgIpc) is 0.885. The van der Waals surface area contributed by atoms with Gasteiger partial charge in [0.1, 0.15) is 36.3 Å². The van der Waals surface area contributed by atoms with Crippen LogP contribution in [0.25, 0.3) is 0 Å². The summed E-state index contributed by atoms with van der Waals surface area (Å²) in [5.41, 5.74) is 47.5. The fourth-order valence-electron chi connectivity index (χ4n) is 11.5. The first kappa shape index (κ1) is 101. The highest BCUT2D eigenvalue weighted by atomic mass is 32.2. The van der Waals surface area contributed by atoms with Crippen LogP contribution in [0, 0.1) is 0 Å². The maximum atomic E-state index is 14.4. The van der Waals surface area contributed by atoms with Crippen LogP contribution < -0.4 is 99.0 Å². The Hall–Kier alpha value is -5.00. The Balaban J connectivity index is 6.68. The van der Waals surface area contributed by atoms with E-state index >= 15 is 0 Å². The van der Waals surface area contributed by atoms with Gasteiger partial charge in [0.05, 0.1) is 37.4 Å². The molecular formula is C74H148N18O12S2. The molecule has 618 valence electrons. The van der Waals surface area contributed by atoms with Crippen LogP contribution in [0.4, 0.5) is 0 Å². The van der Waals surface area contributed by atoms with Gasteiger partial charge < -0.3 is 109 Å². The summed E-state index contributed by atoms with van der Waals surface area (Å²) in [4.78, 5) is 137. The summed E-state index contributed by atoms with van der Waals surface area (Å²) in [5, 5.41) is 48.4. The number of thioether (sulfide) groups is 2. The van der Waals surface area contributed by atoms with Crippen molar-refractivity contribution in [2.24, 2.45) is 45.9 Å². The summed E-state index contributed by atoms with van der Waals surface area (Å²) in [6.07, 6.45) is 30.5. The zero-order valence-electron chi connectivity index (χ0n) is 65.0. The van der Waals surface area contributed by atoms with Crippen molar-refractivity contribution in [3.8, 4) is 0 Å². The smallest absolute Gasteiger partial charge is 0.244 e. The maximum Gasteiger partial charge on any atom is 0.244 e. The van der Waals surface area contributed by atoms with Crippen molar-refractivity contribution >= 4 is 82.6 Å². The number of carbonyl (C=O) groups is 10. The predicted molar refractivity (Wildman–Crippen MR) is 427 cm³/mol. The van der Waals surface area contributed by atoms with Gasteiger partial charge in [-0.25, -0.2) is 0 Å². The Bertz CT molecular complexity index is 2180. The van der Waals surface area contributed by atoms with E-state index in [1.54, 1.807) is 0 Å². The lowest BCUT2D eigenvalue weighted by molar-refractivity contribution is -0.134. The molecule has 0 aromatic heterocycles. The van der Waals surface area contributed by atoms with Crippen molar-refractivity contribution in [3.05, 3.63) is 0 Å². The highest BCUT2D eigenvalue weighted by Crippen LogP contribution is 2.16. The maximum absolute atomic E-state index is 14.4. The molecule has 106 heavy (non-hydrogen) atoms. The second kappa shape index (κ2) is 69.2. The molecule has 0 radical (unpaired) electrons. The molecule has 0 aromatic carbocycles. The van der Waals surface area contributed by atoms with Crippen LogP contribution in [0.15, 0.2) is 0 Å². The first-order valence-corrected chi connectivity index (χ1v) is 42.6. The number of aliphatic hydroxyl groups excluding tert-OH is 2. The monoisotopic (exact) mass is 1550 g/mol. The largest absolute Gasteiger partial charge is 0.394 e. The van der Waals surface area contributed by atoms with E-state index in [-0.39, 0.29) is 60.5 Å². The first-order valence-electron chi connectivity index (χ1n) is 40.3. The summed E-state index contributed by atoms with van der Waals surface area (Å²) in [5.74, 6) is -5.57. The summed E-state index contributed by atoms with van der Waals surface area (Å²) < 4.78 is 0. The van der Waals surface area contributed by atoms with Crippen LogP contribution >= 0.6 is 23.5 Å². The first-order chi connectivity index (χ1) is 51.2. The fourth-order valence-corrected chi connectivity index (χ4v) is 13.8. The van der Waals surface area contributed by atoms with E-state index < -0.39 is 121 Å². The Morgan fingerprint density at radius 3 is 0.783 bits per heavy atom. The van der Waals surface area contributed by atoms with Gasteiger partial charge in [0.15, 0.2) is 0 Å². The van der Waals surface area contributed by atoms with E-state index in [1.807, 2.05) is 0 Å². The third-order valence-corrected chi connectivity index (χ3v) is 20.8. The predicted octanol–water partition coefficient (Wildman–Crippen LogP) is 1.82. The molecule has 28 N–H and O–H groups in total. The number of amides is 10. The van der Waals surface area contributed by atoms with Crippen LogP contribution in [0.2, 0.25) is 0 Å². The fraction of sp³-hybridized carbons (Fsp3) is 0.865. The lowest BCUT2D eigenvalue weighted by Crippen LogP contribution is -2.59. The van der Waals surface area contributed by atoms with Gasteiger partial charge in [0.2, 0.25) is 59.1 Å². The molecule has 32 heteroatoms. The van der Waals surface area contributed by atoms with Crippen molar-refractivity contribution in [3.63, 3.8) is 0 Å². The van der Waals surface area contributed by atoms with Crippen LogP contribution in [-0.2, 0) is 47.9 Å². The molecule has 10 atom stereocenters. The highest BCUT2D eigenvalue weighted by Gasteiger charge is 2.33. The number of aliphatic hydroxyl groups is 2. The SMILES string of the molecule is CCCCCCCCCCCCNC(=O)[C@H](CO)NC(=O)[C@H](CSCCSC[C@H](NC(=O)[C@H](CCCCN)NC(=O)[C@@H](N)CCCCNC(=O)[C@@H](N)CCCCN)C(=O)N[C@@H](CO)C(=O)NCCCCCCCCCCCC)NC(=O)[C@H](CCCCN)NC(=O)[C@@H](N)CCCCNC(=O)[C@@H](N)CCCCN. The normalized spacial score (nSPS) is 14.2. The van der Waals surface area contributed by atoms with Gasteiger partial charge in [0.25, 0.3) is 0 Å². The van der Waals surface area contributed by atoms with Gasteiger partial charge in [-0.1, -0.05) is 142 Å². The average molecular weight is 1550 g/mol. The number of nitrogens with one attached hydrogen (secondary N) is 10. The van der Waals surface area contributed by atoms with Crippen molar-refractivity contribution in [2.75, 3.05) is 88.6 Å². The van der Waals surface area contributed by atoms with Crippen LogP contribution in [0.3, 0.4) is 0 Å². The minimum absolute atomic E-state index is 0.0742. The van der Waals surface area contributed by atoms with Crippen molar-refractivity contribution in [1.82, 2.24) is 53.2 Å². The molecule has 0 aliphatic carbocycles. The molecule has 0 saturated heterocycles. The van der Waals surface area contributed by atoms with Gasteiger partial charge in [-0.15, -0.1) is 0 Å². The molecule has 0 rings (SSSR count). The summed E-state index contributed by atoms with van der Waals surface area (Å²) >= 11 is 2.47. The van der Waals surface area contributed by atoms with E-state index in [9.17, 15) is 58.2 Å². The van der Waals surface area contributed by atoms with E-state index in [0.717, 1.165) is 77.0 Å². The second-order valence-corrected chi connectivity index (χ2v) is 30.3. The lowest BCUT2D eigenvalue weighted by Gasteiger charge is -2.26. The molecule has 0 spiro atoms. The summed E-state index contributed by atoms with van der Waals surface area (Å²) in [6.45, 7) is 5.82. The van der Waals surface area contributed by atoms with E-state index in [2.05, 4.69) is 67.0 Å². The molecule has 0 aromatic rings. The quantitative estimate of drug-likeness (QED) is 0.0386. The van der Waals surface area contributed by atoms with Crippen LogP contribution in [0.5, 0.6) is 0 Å². The lowest BCUT2D eigenvalue weighted by atomic mass is 10.1. The number of nitrogens with two attached hydrogens (primary N) is 8. The number of carbonyl (C=O) groups excluding carboxylic acids is 10. The van der Waals surface area contributed by atoms with Crippen molar-refractivity contribution < 1.29 is 58.2 Å². The Labute approximate surface area is 643 Å². The van der Waals surface area contributed by atoms with Gasteiger partial charge in [-0.2, -0.15) is 23.5 Å². The minimum atomic E-state index is -1.37. The van der Waals surface area contributed by atoms with Gasteiger partial charge >= 0.3 is 0 Å². The zero-order chi connectivity index (χ0) is 78.8. The molecule has 0 saturated carbocycles. The van der Waals surface area contributed by atoms with E-state index in [0.29, 0.717) is 129 Å². The zero-order valence-corrected chi connectivity index (χ0v) is 66.6. The number of unbranched alkanes of at least 4 members (excludes halogenated alkanes) is 24. The molecule has 0 bridgehead atoms. The molecule has 0 aliphatic heterocycles. The molecule has 10 amide bonds. The van der Waals surface area contributed by atoms with E-state index in [4.69, 9.17) is 45.9 Å². The van der Waals surface area contributed by atoms with Crippen molar-refractivity contribution in [1.29, 1.82) is 0 Å². The number of hydrogen-bond acceptors (Lipinski definition) is 22. The van der Waals surface area contributed by atoms with Crippen LogP contribution in [-0.4, -0.2) is 218 Å². The Morgan fingerprint density at radius 1 is 0.264 bits per heavy atom. The Kier molecular flexibility index (Phi) is 65.9. The molecule has 30 nitrogen and oxygen atoms in total. The van der Waals surface area contributed by atoms with Gasteiger partial charge in [-0.3, -0.25) is 47.9 Å². The number of hydrogen-bond donors (Lipinski definition) is 20. The second-order valence-electron chi connectivity index (χ2n) is 28.0. The summed E-state index contributed by atoms with van der Waals surface area (Å²) in [7, 11) is 0. The van der Waals surface area contributed by atoms with Gasteiger partial charge in [-0.05, 0) is 142 Å². The molecule has 0 heterocycles. The van der Waals surface area contributed by atoms with Crippen molar-refractivity contribution in [2.45, 2.75) is 318 Å². The third-order valence-electron chi connectivity index (χ3n) is 18.4. The highest BCUT2D eigenvalue weighted by molar-refractivity contribution is 8.03. The molecule has 0 fully saturated rings. The van der Waals surface area contributed by atoms with Crippen LogP contribution in [0.1, 0.15) is 258 Å². The van der Waals surface area contributed by atoms with E-state index in [1.165, 1.54) is 87.7 Å². The number of rotatable bonds is 73. The Morgan fingerprint density at radius 2 is 0.491 bits per heavy atom. The summed E-state index contributed by atoms with van der Waals surface area (Å²) in [6, 6.07) is -11.1. The molecular weight excluding hydrogens is 1400 g/mol. The topological polar surface area (TPSA) is 540 Å². The standard InChI is InChI=1S/C74H148N18O12S2/c1-3-5-7-9-11-13-15-17-19-31-45-85-69(99)61(51-93)89-73(103)63(91-71(101)59(39-23-29-43-77)87-67(97)57(81)37-25-33-47-83-65(95)55(79)35-21-27-41-75)53-105-49-50-106-54-64(74(104)90-62(52-94)70(100)86-46-32-20-18-16-14-12-10-8-6-4-2)92-72(102)60(40-24-30-44-78)88-68(98)58(82)38-26-34-48-84-66(96)56(80)36-22-28-42-76/h55-64,93-94H,3-54,75-82H2,1-2H3,(H,83,95)(H,84,96)(H,85,99)(H,86,100)(H,87,97)(H,88,98)(H,89,103)(H,90,104)(H,91,101)(H,92,102)/t55-,56-,57-,58-,59-,60-,61-,62-,63-,64-/m0/s1. The third kappa shape index (κ3) is 53.0. The molecule has 0 unspecified atom stereocenters. The minimum Gasteiger partial charge on any atom is -0.394 e.